The van der Waals surface area contributed by atoms with Crippen molar-refractivity contribution in [2.45, 2.75) is 24.7 Å². The van der Waals surface area contributed by atoms with Gasteiger partial charge in [-0.15, -0.1) is 0 Å². The molecule has 0 aromatic heterocycles. The molecule has 1 N–H and O–H groups in total. The highest BCUT2D eigenvalue weighted by Crippen LogP contribution is 2.25. The molecule has 1 aliphatic rings. The summed E-state index contributed by atoms with van der Waals surface area (Å²) in [6.45, 7) is 3.86. The fourth-order valence-electron chi connectivity index (χ4n) is 3.42. The topological polar surface area (TPSA) is 84.9 Å². The first-order valence-corrected chi connectivity index (χ1v) is 11.5. The van der Waals surface area contributed by atoms with Crippen LogP contribution >= 0.6 is 0 Å². The van der Waals surface area contributed by atoms with E-state index in [1.165, 1.54) is 40.7 Å². The number of methoxy groups -OCH3 is 1. The second-order valence-corrected chi connectivity index (χ2v) is 9.16. The van der Waals surface area contributed by atoms with Crippen molar-refractivity contribution in [3.8, 4) is 5.75 Å². The first kappa shape index (κ1) is 22.3. The smallest absolute Gasteiger partial charge is 0.255 e. The minimum atomic E-state index is -3.69. The van der Waals surface area contributed by atoms with Gasteiger partial charge in [-0.1, -0.05) is 29.8 Å². The summed E-state index contributed by atoms with van der Waals surface area (Å²) in [4.78, 5) is 12.8. The maximum Gasteiger partial charge on any atom is 0.255 e. The largest absolute Gasteiger partial charge is 0.496 e. The molecule has 0 spiro atoms. The third kappa shape index (κ3) is 5.38. The number of amides is 1. The number of hydrogen-bond donors (Lipinski definition) is 1. The van der Waals surface area contributed by atoms with Gasteiger partial charge in [0.25, 0.3) is 5.91 Å². The molecule has 0 bridgehead atoms. The third-order valence-corrected chi connectivity index (χ3v) is 6.93. The van der Waals surface area contributed by atoms with Crippen LogP contribution in [0.3, 0.4) is 0 Å². The highest BCUT2D eigenvalue weighted by Gasteiger charge is 2.28. The maximum absolute atomic E-state index is 12.9. The van der Waals surface area contributed by atoms with Crippen LogP contribution in [-0.4, -0.2) is 58.6 Å². The van der Waals surface area contributed by atoms with E-state index in [4.69, 9.17) is 9.47 Å². The number of nitrogens with one attached hydrogen (secondary N) is 1. The fourth-order valence-corrected chi connectivity index (χ4v) is 4.85. The minimum Gasteiger partial charge on any atom is -0.496 e. The van der Waals surface area contributed by atoms with E-state index < -0.39 is 10.0 Å². The number of rotatable bonds is 8. The predicted molar refractivity (Wildman–Crippen MR) is 114 cm³/mol. The van der Waals surface area contributed by atoms with Crippen molar-refractivity contribution in [2.75, 3.05) is 40.0 Å². The van der Waals surface area contributed by atoms with Crippen LogP contribution in [0, 0.1) is 6.92 Å². The Bertz CT molecular complexity index is 985. The van der Waals surface area contributed by atoms with E-state index in [9.17, 15) is 13.2 Å². The average molecular weight is 433 g/mol. The van der Waals surface area contributed by atoms with Crippen LogP contribution in [0.4, 0.5) is 0 Å². The Morgan fingerprint density at radius 1 is 1.17 bits per heavy atom. The Kier molecular flexibility index (Phi) is 7.47. The van der Waals surface area contributed by atoms with Gasteiger partial charge >= 0.3 is 0 Å². The molecule has 1 saturated heterocycles. The van der Waals surface area contributed by atoms with Gasteiger partial charge in [0.1, 0.15) is 5.75 Å². The Morgan fingerprint density at radius 2 is 1.93 bits per heavy atom. The molecule has 0 aliphatic carbocycles. The second-order valence-electron chi connectivity index (χ2n) is 7.23. The van der Waals surface area contributed by atoms with Gasteiger partial charge in [0.2, 0.25) is 10.0 Å². The third-order valence-electron chi connectivity index (χ3n) is 5.03. The number of carbonyl (C=O) groups is 1. The monoisotopic (exact) mass is 432 g/mol. The Balaban J connectivity index is 1.67. The average Bonchev–Trinajstić information content (AvgIpc) is 2.76. The lowest BCUT2D eigenvalue weighted by Crippen LogP contribution is -2.40. The van der Waals surface area contributed by atoms with E-state index in [2.05, 4.69) is 30.4 Å². The standard InChI is InChI=1S/C22H28N2O5S/c1-17-5-3-6-18(15-17)7-4-10-23-22(25)20-16-19(8-9-21(20)28-2)30(26,27)24-11-13-29-14-12-24/h3,5-6,8-9,15-16H,4,7,10-14H2,1-2H3,(H,23,25). The molecule has 3 rings (SSSR count). The van der Waals surface area contributed by atoms with E-state index in [1.807, 2.05) is 6.07 Å². The number of carbonyl (C=O) groups excluding carboxylic acids is 1. The van der Waals surface area contributed by atoms with Crippen molar-refractivity contribution >= 4 is 15.9 Å². The van der Waals surface area contributed by atoms with Crippen LogP contribution in [0.2, 0.25) is 0 Å². The fraction of sp³-hybridized carbons (Fsp3) is 0.409. The summed E-state index contributed by atoms with van der Waals surface area (Å²) in [6, 6.07) is 12.7. The van der Waals surface area contributed by atoms with Gasteiger partial charge < -0.3 is 14.8 Å². The van der Waals surface area contributed by atoms with E-state index in [-0.39, 0.29) is 16.4 Å². The summed E-state index contributed by atoms with van der Waals surface area (Å²) in [5, 5.41) is 2.87. The molecule has 2 aromatic rings. The van der Waals surface area contributed by atoms with Crippen LogP contribution in [-0.2, 0) is 21.2 Å². The first-order chi connectivity index (χ1) is 14.4. The minimum absolute atomic E-state index is 0.0788. The van der Waals surface area contributed by atoms with Crippen LogP contribution < -0.4 is 10.1 Å². The lowest BCUT2D eigenvalue weighted by atomic mass is 10.1. The number of ether oxygens (including phenoxy) is 2. The van der Waals surface area contributed by atoms with Gasteiger partial charge in [-0.2, -0.15) is 4.31 Å². The molecule has 7 nitrogen and oxygen atoms in total. The first-order valence-electron chi connectivity index (χ1n) is 10.0. The molecule has 1 aliphatic heterocycles. The van der Waals surface area contributed by atoms with E-state index >= 15 is 0 Å². The highest BCUT2D eigenvalue weighted by molar-refractivity contribution is 7.89. The van der Waals surface area contributed by atoms with Gasteiger partial charge in [-0.05, 0) is 43.5 Å². The van der Waals surface area contributed by atoms with E-state index in [0.717, 1.165) is 12.8 Å². The Hall–Kier alpha value is -2.42. The Morgan fingerprint density at radius 3 is 2.63 bits per heavy atom. The molecule has 0 unspecified atom stereocenters. The van der Waals surface area contributed by atoms with Crippen molar-refractivity contribution < 1.29 is 22.7 Å². The lowest BCUT2D eigenvalue weighted by molar-refractivity contribution is 0.0730. The van der Waals surface area contributed by atoms with Gasteiger partial charge in [-0.25, -0.2) is 8.42 Å². The van der Waals surface area contributed by atoms with Crippen molar-refractivity contribution in [2.24, 2.45) is 0 Å². The number of benzene rings is 2. The zero-order valence-electron chi connectivity index (χ0n) is 17.4. The summed E-state index contributed by atoms with van der Waals surface area (Å²) in [5.41, 5.74) is 2.64. The molecule has 0 atom stereocenters. The molecule has 1 heterocycles. The molecule has 1 fully saturated rings. The van der Waals surface area contributed by atoms with Crippen LogP contribution in [0.25, 0.3) is 0 Å². The van der Waals surface area contributed by atoms with Gasteiger partial charge in [-0.3, -0.25) is 4.79 Å². The maximum atomic E-state index is 12.9. The molecule has 1 amide bonds. The molecule has 8 heteroatoms. The summed E-state index contributed by atoms with van der Waals surface area (Å²) in [5.74, 6) is -0.0118. The second kappa shape index (κ2) is 10.1. The van der Waals surface area contributed by atoms with Gasteiger partial charge in [0.05, 0.1) is 30.8 Å². The lowest BCUT2D eigenvalue weighted by Gasteiger charge is -2.26. The van der Waals surface area contributed by atoms with Crippen LogP contribution in [0.15, 0.2) is 47.4 Å². The summed E-state index contributed by atoms with van der Waals surface area (Å²) in [6.07, 6.45) is 1.63. The predicted octanol–water partition coefficient (Wildman–Crippen LogP) is 2.39. The molecule has 30 heavy (non-hydrogen) atoms. The number of aryl methyl sites for hydroxylation is 2. The van der Waals surface area contributed by atoms with Crippen molar-refractivity contribution in [3.63, 3.8) is 0 Å². The zero-order valence-corrected chi connectivity index (χ0v) is 18.2. The molecule has 162 valence electrons. The van der Waals surface area contributed by atoms with Crippen molar-refractivity contribution in [3.05, 3.63) is 59.2 Å². The summed E-state index contributed by atoms with van der Waals surface area (Å²) >= 11 is 0. The van der Waals surface area contributed by atoms with Crippen molar-refractivity contribution in [1.29, 1.82) is 0 Å². The van der Waals surface area contributed by atoms with E-state index in [0.29, 0.717) is 38.6 Å². The quantitative estimate of drug-likeness (QED) is 0.648. The number of hydrogen-bond acceptors (Lipinski definition) is 5. The van der Waals surface area contributed by atoms with Gasteiger partial charge in [0.15, 0.2) is 0 Å². The number of nitrogens with zero attached hydrogens (tertiary/aromatic N) is 1. The summed E-state index contributed by atoms with van der Waals surface area (Å²) in [7, 11) is -2.23. The molecular formula is C22H28N2O5S. The molecule has 0 saturated carbocycles. The molecule has 0 radical (unpaired) electrons. The molecular weight excluding hydrogens is 404 g/mol. The molecule has 2 aromatic carbocycles. The number of sulfonamides is 1. The highest BCUT2D eigenvalue weighted by atomic mass is 32.2. The SMILES string of the molecule is COc1ccc(S(=O)(=O)N2CCOCC2)cc1C(=O)NCCCc1cccc(C)c1. The number of morpholine rings is 1. The van der Waals surface area contributed by atoms with Crippen LogP contribution in [0.1, 0.15) is 27.9 Å². The van der Waals surface area contributed by atoms with Crippen LogP contribution in [0.5, 0.6) is 5.75 Å². The Labute approximate surface area is 178 Å². The van der Waals surface area contributed by atoms with Gasteiger partial charge in [0, 0.05) is 19.6 Å². The van der Waals surface area contributed by atoms with E-state index in [1.54, 1.807) is 0 Å². The zero-order chi connectivity index (χ0) is 21.6. The normalized spacial score (nSPS) is 15.0. The summed E-state index contributed by atoms with van der Waals surface area (Å²) < 4.78 is 37.7. The van der Waals surface area contributed by atoms with Crippen molar-refractivity contribution in [1.82, 2.24) is 9.62 Å².